The second-order valence-electron chi connectivity index (χ2n) is 4.18. The summed E-state index contributed by atoms with van der Waals surface area (Å²) in [7, 11) is 0. The molecule has 104 valence electrons. The monoisotopic (exact) mass is 275 g/mol. The number of carbonyl (C=O) groups is 1. The first-order valence-electron chi connectivity index (χ1n) is 5.64. The fraction of sp³-hybridized carbons (Fsp3) is 0.417. The van der Waals surface area contributed by atoms with Crippen LogP contribution in [0.25, 0.3) is 0 Å². The van der Waals surface area contributed by atoms with Crippen LogP contribution in [0.4, 0.5) is 18.9 Å². The van der Waals surface area contributed by atoms with Crippen LogP contribution in [0.2, 0.25) is 0 Å². The zero-order valence-electron chi connectivity index (χ0n) is 9.85. The second kappa shape index (κ2) is 5.08. The molecule has 2 rings (SSSR count). The number of halogens is 3. The van der Waals surface area contributed by atoms with Gasteiger partial charge in [-0.2, -0.15) is 13.2 Å². The van der Waals surface area contributed by atoms with Gasteiger partial charge in [0.15, 0.2) is 0 Å². The molecule has 1 unspecified atom stereocenters. The number of nitrogens with zero attached hydrogens (tertiary/aromatic N) is 1. The fourth-order valence-electron chi connectivity index (χ4n) is 2.00. The highest BCUT2D eigenvalue weighted by atomic mass is 19.4. The Balaban J connectivity index is 2.32. The van der Waals surface area contributed by atoms with Crippen LogP contribution in [0, 0.1) is 0 Å². The summed E-state index contributed by atoms with van der Waals surface area (Å²) in [4.78, 5) is 12.0. The molecule has 19 heavy (non-hydrogen) atoms. The first kappa shape index (κ1) is 13.7. The van der Waals surface area contributed by atoms with Crippen LogP contribution < -0.4 is 4.90 Å². The molecule has 0 saturated carbocycles. The third-order valence-corrected chi connectivity index (χ3v) is 2.93. The van der Waals surface area contributed by atoms with Crippen molar-refractivity contribution in [3.8, 4) is 0 Å². The number of hydrogen-bond donors (Lipinski definition) is 1. The third kappa shape index (κ3) is 2.98. The predicted octanol–water partition coefficient (Wildman–Crippen LogP) is 2.15. The molecule has 0 bridgehead atoms. The van der Waals surface area contributed by atoms with Crippen LogP contribution in [0.15, 0.2) is 24.3 Å². The van der Waals surface area contributed by atoms with Crippen molar-refractivity contribution in [2.75, 3.05) is 24.7 Å². The molecule has 1 heterocycles. The maximum atomic E-state index is 12.9. The van der Waals surface area contributed by atoms with E-state index in [1.807, 2.05) is 0 Å². The van der Waals surface area contributed by atoms with Crippen molar-refractivity contribution in [3.63, 3.8) is 0 Å². The molecular weight excluding hydrogens is 263 g/mol. The van der Waals surface area contributed by atoms with E-state index in [4.69, 9.17) is 9.84 Å². The average Bonchev–Trinajstić information content (AvgIpc) is 2.38. The maximum Gasteiger partial charge on any atom is 0.411 e. The standard InChI is InChI=1S/C12H12F3NO3/c13-12(14,15)10-7-19-5-4-16(10)9-3-1-2-8(6-9)11(17)18/h1-3,6,10H,4-5,7H2,(H,17,18). The number of carboxylic acid groups (broad SMARTS) is 1. The Morgan fingerprint density at radius 3 is 2.79 bits per heavy atom. The number of carboxylic acids is 1. The summed E-state index contributed by atoms with van der Waals surface area (Å²) in [6.07, 6.45) is -4.42. The number of hydrogen-bond acceptors (Lipinski definition) is 3. The molecule has 0 amide bonds. The number of morpholine rings is 1. The molecule has 1 aliphatic heterocycles. The minimum Gasteiger partial charge on any atom is -0.478 e. The number of anilines is 1. The van der Waals surface area contributed by atoms with Gasteiger partial charge in [-0.25, -0.2) is 4.79 Å². The molecule has 1 fully saturated rings. The molecule has 1 N–H and O–H groups in total. The quantitative estimate of drug-likeness (QED) is 0.898. The normalized spacial score (nSPS) is 20.4. The lowest BCUT2D eigenvalue weighted by Crippen LogP contribution is -2.53. The van der Waals surface area contributed by atoms with Crippen LogP contribution in [-0.2, 0) is 4.74 Å². The van der Waals surface area contributed by atoms with Crippen LogP contribution >= 0.6 is 0 Å². The summed E-state index contributed by atoms with van der Waals surface area (Å²) >= 11 is 0. The number of aromatic carboxylic acids is 1. The molecule has 1 aromatic rings. The molecule has 7 heteroatoms. The Morgan fingerprint density at radius 1 is 1.42 bits per heavy atom. The van der Waals surface area contributed by atoms with Gasteiger partial charge in [0, 0.05) is 12.2 Å². The molecular formula is C12H12F3NO3. The highest BCUT2D eigenvalue weighted by molar-refractivity contribution is 5.88. The van der Waals surface area contributed by atoms with Gasteiger partial charge in [-0.1, -0.05) is 6.07 Å². The van der Waals surface area contributed by atoms with Crippen molar-refractivity contribution in [1.82, 2.24) is 0 Å². The lowest BCUT2D eigenvalue weighted by atomic mass is 10.1. The fourth-order valence-corrected chi connectivity index (χ4v) is 2.00. The van der Waals surface area contributed by atoms with E-state index in [1.165, 1.54) is 24.3 Å². The van der Waals surface area contributed by atoms with E-state index in [0.29, 0.717) is 0 Å². The Bertz CT molecular complexity index is 476. The SMILES string of the molecule is O=C(O)c1cccc(N2CCOCC2C(F)(F)F)c1. The third-order valence-electron chi connectivity index (χ3n) is 2.93. The minimum atomic E-state index is -4.42. The van der Waals surface area contributed by atoms with Gasteiger partial charge in [0.25, 0.3) is 0 Å². The van der Waals surface area contributed by atoms with Crippen molar-refractivity contribution < 1.29 is 27.8 Å². The predicted molar refractivity (Wildman–Crippen MR) is 61.4 cm³/mol. The summed E-state index contributed by atoms with van der Waals surface area (Å²) in [5, 5.41) is 8.87. The summed E-state index contributed by atoms with van der Waals surface area (Å²) < 4.78 is 43.6. The smallest absolute Gasteiger partial charge is 0.411 e. The van der Waals surface area contributed by atoms with Gasteiger partial charge in [-0.05, 0) is 18.2 Å². The summed E-state index contributed by atoms with van der Waals surface area (Å²) in [5.41, 5.74) is 0.204. The van der Waals surface area contributed by atoms with Gasteiger partial charge in [-0.3, -0.25) is 0 Å². The zero-order chi connectivity index (χ0) is 14.0. The van der Waals surface area contributed by atoms with Gasteiger partial charge in [0.1, 0.15) is 6.04 Å². The van der Waals surface area contributed by atoms with Gasteiger partial charge < -0.3 is 14.7 Å². The molecule has 1 aliphatic rings. The van der Waals surface area contributed by atoms with E-state index in [9.17, 15) is 18.0 Å². The number of alkyl halides is 3. The van der Waals surface area contributed by atoms with Crippen molar-refractivity contribution in [1.29, 1.82) is 0 Å². The minimum absolute atomic E-state index is 0.0371. The first-order valence-corrected chi connectivity index (χ1v) is 5.64. The summed E-state index contributed by atoms with van der Waals surface area (Å²) in [5.74, 6) is -1.17. The molecule has 0 spiro atoms. The number of benzene rings is 1. The van der Waals surface area contributed by atoms with E-state index < -0.39 is 24.8 Å². The van der Waals surface area contributed by atoms with E-state index >= 15 is 0 Å². The van der Waals surface area contributed by atoms with Gasteiger partial charge in [0.2, 0.25) is 0 Å². The van der Waals surface area contributed by atoms with E-state index in [0.717, 1.165) is 4.90 Å². The van der Waals surface area contributed by atoms with E-state index in [-0.39, 0.29) is 24.4 Å². The Kier molecular flexibility index (Phi) is 3.66. The Hall–Kier alpha value is -1.76. The Morgan fingerprint density at radius 2 is 2.16 bits per heavy atom. The van der Waals surface area contributed by atoms with Crippen molar-refractivity contribution >= 4 is 11.7 Å². The zero-order valence-corrected chi connectivity index (χ0v) is 9.85. The second-order valence-corrected chi connectivity index (χ2v) is 4.18. The molecule has 1 atom stereocenters. The van der Waals surface area contributed by atoms with Crippen LogP contribution in [-0.4, -0.2) is 43.1 Å². The van der Waals surface area contributed by atoms with Crippen LogP contribution in [0.5, 0.6) is 0 Å². The van der Waals surface area contributed by atoms with Gasteiger partial charge in [0.05, 0.1) is 18.8 Å². The van der Waals surface area contributed by atoms with Crippen LogP contribution in [0.3, 0.4) is 0 Å². The molecule has 1 aromatic carbocycles. The van der Waals surface area contributed by atoms with Crippen LogP contribution in [0.1, 0.15) is 10.4 Å². The molecule has 1 saturated heterocycles. The van der Waals surface area contributed by atoms with Crippen molar-refractivity contribution in [2.45, 2.75) is 12.2 Å². The molecule has 0 aliphatic carbocycles. The van der Waals surface area contributed by atoms with E-state index in [2.05, 4.69) is 0 Å². The number of ether oxygens (including phenoxy) is 1. The molecule has 4 nitrogen and oxygen atoms in total. The van der Waals surface area contributed by atoms with Gasteiger partial charge >= 0.3 is 12.1 Å². The highest BCUT2D eigenvalue weighted by Crippen LogP contribution is 2.31. The van der Waals surface area contributed by atoms with E-state index in [1.54, 1.807) is 0 Å². The number of rotatable bonds is 2. The lowest BCUT2D eigenvalue weighted by molar-refractivity contribution is -0.167. The molecule has 0 aromatic heterocycles. The first-order chi connectivity index (χ1) is 8.89. The largest absolute Gasteiger partial charge is 0.478 e. The summed E-state index contributed by atoms with van der Waals surface area (Å²) in [6.45, 7) is -0.183. The maximum absolute atomic E-state index is 12.9. The molecule has 0 radical (unpaired) electrons. The topological polar surface area (TPSA) is 49.8 Å². The Labute approximate surface area is 107 Å². The lowest BCUT2D eigenvalue weighted by Gasteiger charge is -2.38. The average molecular weight is 275 g/mol. The van der Waals surface area contributed by atoms with Crippen molar-refractivity contribution in [3.05, 3.63) is 29.8 Å². The highest BCUT2D eigenvalue weighted by Gasteiger charge is 2.45. The summed E-state index contributed by atoms with van der Waals surface area (Å²) in [6, 6.07) is 3.74. The van der Waals surface area contributed by atoms with Crippen molar-refractivity contribution in [2.24, 2.45) is 0 Å². The van der Waals surface area contributed by atoms with Gasteiger partial charge in [-0.15, -0.1) is 0 Å².